The predicted molar refractivity (Wildman–Crippen MR) is 113 cm³/mol. The van der Waals surface area contributed by atoms with Crippen molar-refractivity contribution in [1.82, 2.24) is 4.90 Å². The first-order valence-corrected chi connectivity index (χ1v) is 10.4. The number of carbonyl (C=O) groups excluding carboxylic acids is 1. The van der Waals surface area contributed by atoms with Crippen LogP contribution in [0.15, 0.2) is 42.5 Å². The zero-order chi connectivity index (χ0) is 19.7. The van der Waals surface area contributed by atoms with Gasteiger partial charge in [-0.15, -0.1) is 0 Å². The van der Waals surface area contributed by atoms with Crippen molar-refractivity contribution < 1.29 is 9.53 Å². The molecule has 0 N–H and O–H groups in total. The molecule has 0 aliphatic carbocycles. The molecule has 0 saturated carbocycles. The number of methoxy groups -OCH3 is 1. The van der Waals surface area contributed by atoms with Gasteiger partial charge in [-0.25, -0.2) is 0 Å². The highest BCUT2D eigenvalue weighted by Gasteiger charge is 2.31. The summed E-state index contributed by atoms with van der Waals surface area (Å²) < 4.78 is 4.86. The molecule has 2 saturated heterocycles. The summed E-state index contributed by atoms with van der Waals surface area (Å²) >= 11 is 12.7. The molecule has 0 spiro atoms. The maximum atomic E-state index is 11.7. The average molecular weight is 419 g/mol. The predicted octanol–water partition coefficient (Wildman–Crippen LogP) is 4.59. The van der Waals surface area contributed by atoms with E-state index in [4.69, 9.17) is 27.9 Å². The molecule has 1 atom stereocenters. The number of likely N-dealkylation sites (tertiary alicyclic amines) is 1. The highest BCUT2D eigenvalue weighted by molar-refractivity contribution is 6.36. The van der Waals surface area contributed by atoms with E-state index in [2.05, 4.69) is 34.1 Å². The Kier molecular flexibility index (Phi) is 5.81. The summed E-state index contributed by atoms with van der Waals surface area (Å²) in [5.41, 5.74) is 3.55. The molecule has 2 heterocycles. The molecule has 2 aromatic rings. The minimum absolute atomic E-state index is 0.0129. The van der Waals surface area contributed by atoms with Crippen LogP contribution in [0.5, 0.6) is 0 Å². The van der Waals surface area contributed by atoms with E-state index in [9.17, 15) is 4.79 Å². The molecule has 0 aromatic heterocycles. The van der Waals surface area contributed by atoms with E-state index < -0.39 is 0 Å². The summed E-state index contributed by atoms with van der Waals surface area (Å²) in [4.78, 5) is 16.3. The number of anilines is 1. The lowest BCUT2D eigenvalue weighted by atomic mass is 9.90. The van der Waals surface area contributed by atoms with E-state index in [1.54, 1.807) is 0 Å². The summed E-state index contributed by atoms with van der Waals surface area (Å²) in [6.07, 6.45) is 0.879. The number of halogens is 2. The van der Waals surface area contributed by atoms with Crippen molar-refractivity contribution in [1.29, 1.82) is 0 Å². The minimum Gasteiger partial charge on any atom is -0.469 e. The third kappa shape index (κ3) is 4.00. The van der Waals surface area contributed by atoms with Gasteiger partial charge in [-0.2, -0.15) is 0 Å². The Morgan fingerprint density at radius 3 is 2.39 bits per heavy atom. The van der Waals surface area contributed by atoms with Crippen LogP contribution in [-0.4, -0.2) is 44.2 Å². The molecule has 4 rings (SSSR count). The number of rotatable bonds is 5. The summed E-state index contributed by atoms with van der Waals surface area (Å²) in [5, 5.41) is 1.51. The minimum atomic E-state index is -0.0937. The van der Waals surface area contributed by atoms with Gasteiger partial charge in [0.05, 0.1) is 13.0 Å². The molecule has 2 aromatic carbocycles. The van der Waals surface area contributed by atoms with E-state index in [1.807, 2.05) is 18.2 Å². The molecule has 2 fully saturated rings. The van der Waals surface area contributed by atoms with Crippen molar-refractivity contribution in [3.05, 3.63) is 63.6 Å². The SMILES string of the molecule is COC(=O)[C@@H]1CCN(Cc2ccc(N3CC(c4c(Cl)cccc4Cl)C3)cc2)C1. The molecule has 28 heavy (non-hydrogen) atoms. The van der Waals surface area contributed by atoms with Gasteiger partial charge in [-0.3, -0.25) is 9.69 Å². The monoisotopic (exact) mass is 418 g/mol. The Balaban J connectivity index is 1.32. The second-order valence-electron chi connectivity index (χ2n) is 7.65. The van der Waals surface area contributed by atoms with E-state index >= 15 is 0 Å². The van der Waals surface area contributed by atoms with Gasteiger partial charge in [-0.1, -0.05) is 41.4 Å². The highest BCUT2D eigenvalue weighted by Crippen LogP contribution is 2.38. The lowest BCUT2D eigenvalue weighted by Crippen LogP contribution is -2.45. The normalized spacial score (nSPS) is 20.2. The lowest BCUT2D eigenvalue weighted by Gasteiger charge is -2.42. The number of hydrogen-bond acceptors (Lipinski definition) is 4. The third-order valence-electron chi connectivity index (χ3n) is 5.80. The third-order valence-corrected chi connectivity index (χ3v) is 6.46. The van der Waals surface area contributed by atoms with Gasteiger partial charge in [0.15, 0.2) is 0 Å². The number of carbonyl (C=O) groups is 1. The fourth-order valence-corrected chi connectivity index (χ4v) is 4.88. The fourth-order valence-electron chi connectivity index (χ4n) is 4.18. The molecule has 148 valence electrons. The van der Waals surface area contributed by atoms with Crippen LogP contribution >= 0.6 is 23.2 Å². The Bertz CT molecular complexity index is 830. The number of benzene rings is 2. The van der Waals surface area contributed by atoms with Crippen LogP contribution in [0.3, 0.4) is 0 Å². The molecule has 6 heteroatoms. The molecular weight excluding hydrogens is 395 g/mol. The summed E-state index contributed by atoms with van der Waals surface area (Å²) in [6.45, 7) is 4.44. The second-order valence-corrected chi connectivity index (χ2v) is 8.46. The van der Waals surface area contributed by atoms with Gasteiger partial charge in [-0.05, 0) is 48.4 Å². The summed E-state index contributed by atoms with van der Waals surface area (Å²) in [6, 6.07) is 14.4. The van der Waals surface area contributed by atoms with Crippen molar-refractivity contribution in [3.63, 3.8) is 0 Å². The van der Waals surface area contributed by atoms with Crippen molar-refractivity contribution in [2.75, 3.05) is 38.2 Å². The van der Waals surface area contributed by atoms with Gasteiger partial charge >= 0.3 is 5.97 Å². The van der Waals surface area contributed by atoms with Crippen molar-refractivity contribution in [3.8, 4) is 0 Å². The Labute approximate surface area is 176 Å². The number of hydrogen-bond donors (Lipinski definition) is 0. The van der Waals surface area contributed by atoms with Gasteiger partial charge in [0, 0.05) is 47.8 Å². The molecular formula is C22H24Cl2N2O2. The van der Waals surface area contributed by atoms with E-state index in [0.717, 1.165) is 54.8 Å². The van der Waals surface area contributed by atoms with Crippen LogP contribution in [0, 0.1) is 5.92 Å². The van der Waals surface area contributed by atoms with Crippen molar-refractivity contribution in [2.45, 2.75) is 18.9 Å². The van der Waals surface area contributed by atoms with Crippen molar-refractivity contribution in [2.24, 2.45) is 5.92 Å². The topological polar surface area (TPSA) is 32.8 Å². The first-order chi connectivity index (χ1) is 13.5. The van der Waals surface area contributed by atoms with Crippen molar-refractivity contribution >= 4 is 34.9 Å². The zero-order valence-electron chi connectivity index (χ0n) is 15.9. The van der Waals surface area contributed by atoms with Gasteiger partial charge in [0.2, 0.25) is 0 Å². The lowest BCUT2D eigenvalue weighted by molar-refractivity contribution is -0.144. The molecule has 0 amide bonds. The molecule has 4 nitrogen and oxygen atoms in total. The summed E-state index contributed by atoms with van der Waals surface area (Å²) in [7, 11) is 1.46. The molecule has 2 aliphatic heterocycles. The largest absolute Gasteiger partial charge is 0.469 e. The molecule has 2 aliphatic rings. The smallest absolute Gasteiger partial charge is 0.310 e. The first kappa shape index (κ1) is 19.6. The fraction of sp³-hybridized carbons (Fsp3) is 0.409. The maximum absolute atomic E-state index is 11.7. The zero-order valence-corrected chi connectivity index (χ0v) is 17.4. The van der Waals surface area contributed by atoms with E-state index in [0.29, 0.717) is 5.92 Å². The summed E-state index contributed by atoms with van der Waals surface area (Å²) in [5.74, 6) is 0.295. The Hall–Kier alpha value is -1.75. The quantitative estimate of drug-likeness (QED) is 0.664. The number of ether oxygens (including phenoxy) is 1. The molecule has 0 bridgehead atoms. The Morgan fingerprint density at radius 2 is 1.75 bits per heavy atom. The second kappa shape index (κ2) is 8.32. The Morgan fingerprint density at radius 1 is 1.07 bits per heavy atom. The molecule has 0 unspecified atom stereocenters. The van der Waals surface area contributed by atoms with Crippen LogP contribution in [0.4, 0.5) is 5.69 Å². The first-order valence-electron chi connectivity index (χ1n) is 9.63. The van der Waals surface area contributed by atoms with Crippen LogP contribution in [0.2, 0.25) is 10.0 Å². The highest BCUT2D eigenvalue weighted by atomic mass is 35.5. The van der Waals surface area contributed by atoms with Gasteiger partial charge < -0.3 is 9.64 Å². The standard InChI is InChI=1S/C22H24Cl2N2O2/c1-28-22(27)16-9-10-25(12-16)11-15-5-7-18(8-6-15)26-13-17(14-26)21-19(23)3-2-4-20(21)24/h2-8,16-17H,9-14H2,1H3/t16-/m1/s1. The van der Waals surface area contributed by atoms with Gasteiger partial charge in [0.1, 0.15) is 0 Å². The van der Waals surface area contributed by atoms with E-state index in [-0.39, 0.29) is 11.9 Å². The van der Waals surface area contributed by atoms with Gasteiger partial charge in [0.25, 0.3) is 0 Å². The number of esters is 1. The van der Waals surface area contributed by atoms with E-state index in [1.165, 1.54) is 18.4 Å². The average Bonchev–Trinajstić information content (AvgIpc) is 3.12. The van der Waals surface area contributed by atoms with Crippen LogP contribution < -0.4 is 4.90 Å². The number of nitrogens with zero attached hydrogens (tertiary/aromatic N) is 2. The van der Waals surface area contributed by atoms with Crippen LogP contribution in [-0.2, 0) is 16.1 Å². The molecule has 0 radical (unpaired) electrons. The van der Waals surface area contributed by atoms with Crippen LogP contribution in [0.1, 0.15) is 23.5 Å². The van der Waals surface area contributed by atoms with Crippen LogP contribution in [0.25, 0.3) is 0 Å². The maximum Gasteiger partial charge on any atom is 0.310 e.